The van der Waals surface area contributed by atoms with Gasteiger partial charge in [0.25, 0.3) is 11.8 Å². The molecule has 0 fully saturated rings. The second-order valence-corrected chi connectivity index (χ2v) is 21.7. The van der Waals surface area contributed by atoms with Crippen LogP contribution in [0.25, 0.3) is 44.2 Å². The second-order valence-electron chi connectivity index (χ2n) is 21.7. The zero-order valence-corrected chi connectivity index (χ0v) is 49.7. The largest absolute Gasteiger partial charge is 0.487 e. The zero-order valence-electron chi connectivity index (χ0n) is 49.7. The van der Waals surface area contributed by atoms with E-state index >= 15 is 0 Å². The average molecular weight is 1130 g/mol. The van der Waals surface area contributed by atoms with Gasteiger partial charge in [0.1, 0.15) is 19.5 Å². The lowest BCUT2D eigenvalue weighted by atomic mass is 9.84. The van der Waals surface area contributed by atoms with Crippen molar-refractivity contribution in [2.24, 2.45) is 0 Å². The van der Waals surface area contributed by atoms with Gasteiger partial charge in [-0.2, -0.15) is 0 Å². The summed E-state index contributed by atoms with van der Waals surface area (Å²) in [5, 5.41) is 0.864. The third-order valence-electron chi connectivity index (χ3n) is 16.3. The number of nitrogens with zero attached hydrogens (tertiary/aromatic N) is 5. The number of rotatable bonds is 21. The number of carbonyl (C=O) groups excluding carboxylic acids is 3. The molecule has 0 aliphatic carbocycles. The van der Waals surface area contributed by atoms with Crippen LogP contribution in [-0.2, 0) is 36.8 Å². The number of carbonyl (C=O) groups is 3. The van der Waals surface area contributed by atoms with E-state index in [0.29, 0.717) is 91.7 Å². The minimum absolute atomic E-state index is 0.145. The Bertz CT molecular complexity index is 3900. The lowest BCUT2D eigenvalue weighted by Crippen LogP contribution is -2.41. The number of aryl methyl sites for hydroxylation is 1. The van der Waals surface area contributed by atoms with Crippen molar-refractivity contribution in [2.45, 2.75) is 112 Å². The summed E-state index contributed by atoms with van der Waals surface area (Å²) < 4.78 is 34.4. The van der Waals surface area contributed by atoms with Crippen LogP contribution in [0, 0.1) is 18.8 Å². The number of ether oxygens (including phenoxy) is 6. The molecule has 16 heteroatoms. The molecule has 2 N–H and O–H groups in total. The highest BCUT2D eigenvalue weighted by atomic mass is 16.5. The number of esters is 1. The number of H-pyrrole nitrogens is 2. The fourth-order valence-electron chi connectivity index (χ4n) is 11.7. The topological polar surface area (TPSA) is 193 Å². The fraction of sp³-hybridized carbons (Fsp3) is 0.368. The Morgan fingerprint density at radius 1 is 0.750 bits per heavy atom. The molecule has 16 nitrogen and oxygen atoms in total. The van der Waals surface area contributed by atoms with Crippen molar-refractivity contribution < 1.29 is 42.8 Å². The molecule has 0 radical (unpaired) electrons. The van der Waals surface area contributed by atoms with Crippen LogP contribution in [0.5, 0.6) is 11.5 Å². The van der Waals surface area contributed by atoms with Crippen LogP contribution in [0.15, 0.2) is 85.2 Å². The Morgan fingerprint density at radius 2 is 1.43 bits per heavy atom. The lowest BCUT2D eigenvalue weighted by Gasteiger charge is -2.27. The normalized spacial score (nSPS) is 15.6. The van der Waals surface area contributed by atoms with E-state index in [1.54, 1.807) is 20.5 Å². The first kappa shape index (κ1) is 58.7. The minimum Gasteiger partial charge on any atom is -0.487 e. The van der Waals surface area contributed by atoms with Crippen LogP contribution in [-0.4, -0.2) is 113 Å². The van der Waals surface area contributed by atoms with Crippen LogP contribution in [0.1, 0.15) is 174 Å². The fourth-order valence-corrected chi connectivity index (χ4v) is 11.7. The molecule has 0 saturated carbocycles. The number of nitrogens with one attached hydrogen (secondary N) is 2. The van der Waals surface area contributed by atoms with Crippen LogP contribution < -0.4 is 9.47 Å². The van der Waals surface area contributed by atoms with Gasteiger partial charge in [-0.3, -0.25) is 19.3 Å². The number of allylic oxidation sites excluding steroid dienone is 3. The highest BCUT2D eigenvalue weighted by molar-refractivity contribution is 6.23. The van der Waals surface area contributed by atoms with Gasteiger partial charge in [0.15, 0.2) is 11.5 Å². The maximum atomic E-state index is 14.9. The summed E-state index contributed by atoms with van der Waals surface area (Å²) in [6, 6.07) is 26.2. The summed E-state index contributed by atoms with van der Waals surface area (Å²) in [4.78, 5) is 70.6. The first-order valence-electron chi connectivity index (χ1n) is 29.0. The molecular formula is C68H73N7O9. The first-order valence-corrected chi connectivity index (χ1v) is 29.0. The number of methoxy groups -OCH3 is 3. The molecule has 0 spiro atoms. The van der Waals surface area contributed by atoms with Crippen molar-refractivity contribution in [1.82, 2.24) is 34.8 Å². The molecule has 434 valence electrons. The molecule has 0 saturated heterocycles. The number of benzene rings is 3. The van der Waals surface area contributed by atoms with Gasteiger partial charge in [-0.15, -0.1) is 0 Å². The zero-order chi connectivity index (χ0) is 59.2. The van der Waals surface area contributed by atoms with E-state index in [-0.39, 0.29) is 42.6 Å². The van der Waals surface area contributed by atoms with Gasteiger partial charge >= 0.3 is 5.97 Å². The summed E-state index contributed by atoms with van der Waals surface area (Å²) in [6.07, 6.45) is 4.47. The highest BCUT2D eigenvalue weighted by Crippen LogP contribution is 2.45. The van der Waals surface area contributed by atoms with E-state index in [2.05, 4.69) is 91.7 Å². The molecule has 8 bridgehead atoms. The smallest absolute Gasteiger partial charge is 0.305 e. The molecular weight excluding hydrogens is 1060 g/mol. The Hall–Kier alpha value is -8.49. The minimum atomic E-state index is -0.399. The average Bonchev–Trinajstić information content (AvgIpc) is 1.80. The molecule has 84 heavy (non-hydrogen) atoms. The first-order chi connectivity index (χ1) is 40.7. The SMILES string of the molecule is CCCCN1C(=O)c2c3[nH]c(cc4nc(cc5nc(cc6[nH]c2c(c6C)C1=O)C(CC)=C5C)C(C(C)OCc1cccc(C#Cc2cccc(Cc5ncnc6cc(OCCOC)c(OCCOC)cc56)c2)c1)=C4C)C(C)[C@@H]3CCC(=O)OC. The van der Waals surface area contributed by atoms with Crippen molar-refractivity contribution in [3.05, 3.63) is 164 Å². The highest BCUT2D eigenvalue weighted by Gasteiger charge is 2.40. The predicted octanol–water partition coefficient (Wildman–Crippen LogP) is 12.4. The third-order valence-corrected chi connectivity index (χ3v) is 16.3. The molecule has 10 rings (SSSR count). The van der Waals surface area contributed by atoms with Crippen LogP contribution >= 0.6 is 0 Å². The Labute approximate surface area is 490 Å². The Kier molecular flexibility index (Phi) is 18.1. The number of amides is 2. The van der Waals surface area contributed by atoms with Gasteiger partial charge < -0.3 is 38.4 Å². The molecule has 3 aromatic heterocycles. The molecule has 3 aromatic carbocycles. The number of unbranched alkanes of at least 4 members (excludes halogenated alkanes) is 1. The number of hydrogen-bond donors (Lipinski definition) is 2. The van der Waals surface area contributed by atoms with Crippen molar-refractivity contribution in [3.63, 3.8) is 0 Å². The van der Waals surface area contributed by atoms with E-state index < -0.39 is 6.10 Å². The summed E-state index contributed by atoms with van der Waals surface area (Å²) in [7, 11) is 4.65. The summed E-state index contributed by atoms with van der Waals surface area (Å²) in [6.45, 7) is 16.6. The number of imide groups is 1. The monoisotopic (exact) mass is 1130 g/mol. The van der Waals surface area contributed by atoms with E-state index in [4.69, 9.17) is 43.4 Å². The maximum Gasteiger partial charge on any atom is 0.305 e. The quantitative estimate of drug-likeness (QED) is 0.0300. The lowest BCUT2D eigenvalue weighted by molar-refractivity contribution is -0.140. The van der Waals surface area contributed by atoms with Gasteiger partial charge in [0.2, 0.25) is 0 Å². The Morgan fingerprint density at radius 3 is 2.13 bits per heavy atom. The molecule has 4 aliphatic rings. The van der Waals surface area contributed by atoms with E-state index in [1.807, 2.05) is 62.4 Å². The number of hydrogen-bond acceptors (Lipinski definition) is 13. The van der Waals surface area contributed by atoms with E-state index in [0.717, 1.165) is 108 Å². The number of aromatic nitrogens is 6. The van der Waals surface area contributed by atoms with Crippen molar-refractivity contribution in [2.75, 3.05) is 54.3 Å². The molecule has 4 aliphatic heterocycles. The number of fused-ring (bicyclic) bond motifs is 9. The molecule has 6 aromatic rings. The molecule has 2 amide bonds. The maximum absolute atomic E-state index is 14.9. The second kappa shape index (κ2) is 26.0. The number of aromatic amines is 2. The van der Waals surface area contributed by atoms with Gasteiger partial charge in [-0.05, 0) is 129 Å². The van der Waals surface area contributed by atoms with Crippen LogP contribution in [0.2, 0.25) is 0 Å². The summed E-state index contributed by atoms with van der Waals surface area (Å²) in [5.41, 5.74) is 16.7. The van der Waals surface area contributed by atoms with E-state index in [1.165, 1.54) is 12.0 Å². The Balaban J connectivity index is 0.960. The summed E-state index contributed by atoms with van der Waals surface area (Å²) >= 11 is 0. The molecule has 7 heterocycles. The van der Waals surface area contributed by atoms with Gasteiger partial charge in [-0.1, -0.05) is 63.3 Å². The van der Waals surface area contributed by atoms with Crippen molar-refractivity contribution in [3.8, 4) is 23.3 Å². The van der Waals surface area contributed by atoms with E-state index in [9.17, 15) is 14.4 Å². The summed E-state index contributed by atoms with van der Waals surface area (Å²) in [5.74, 6) is 6.46. The molecule has 2 unspecified atom stereocenters. The van der Waals surface area contributed by atoms with Crippen LogP contribution in [0.3, 0.4) is 0 Å². The van der Waals surface area contributed by atoms with Gasteiger partial charge in [0, 0.05) is 90.5 Å². The predicted molar refractivity (Wildman–Crippen MR) is 325 cm³/mol. The van der Waals surface area contributed by atoms with Gasteiger partial charge in [-0.25, -0.2) is 19.9 Å². The third kappa shape index (κ3) is 12.1. The van der Waals surface area contributed by atoms with Gasteiger partial charge in [0.05, 0.1) is 83.7 Å². The van der Waals surface area contributed by atoms with Crippen molar-refractivity contribution in [1.29, 1.82) is 0 Å². The van der Waals surface area contributed by atoms with Crippen molar-refractivity contribution >= 4 is 62.0 Å². The van der Waals surface area contributed by atoms with Crippen LogP contribution in [0.4, 0.5) is 0 Å². The standard InChI is InChI=1S/C68H73N7O9/c1-11-13-24-75-67(77)63-42(6)54-34-57-48(12-2)39(3)51(71-57)35-58-62(41(5)53(72-58)33-52-40(4)49(22-23-61(76)81-10)65(73-52)64(68(75)78)66(63)74-54)43(7)84-37-47-19-15-17-45(30-47)21-20-44-16-14-18-46(29-44)31-55-50-32-59(82-27-25-79-8)60(83-28-26-80-9)36-56(50)70-38-69-55/h14-19,29-30,32-36,38,40,43,49,73-74H,11-13,22-28,31,37H2,1-10H3/t40?,43?,49-/m0/s1. The molecule has 3 atom stereocenters.